The first kappa shape index (κ1) is 10.0. The Morgan fingerprint density at radius 1 is 1.29 bits per heavy atom. The van der Waals surface area contributed by atoms with E-state index in [0.717, 1.165) is 0 Å². The van der Waals surface area contributed by atoms with Crippen LogP contribution in [0.3, 0.4) is 0 Å². The number of anilines is 1. The molecule has 2 amide bonds. The first-order valence-corrected chi connectivity index (χ1v) is 4.02. The second kappa shape index (κ2) is 4.27. The Morgan fingerprint density at radius 2 is 1.93 bits per heavy atom. The van der Waals surface area contributed by atoms with Crippen molar-refractivity contribution in [2.75, 3.05) is 12.3 Å². The van der Waals surface area contributed by atoms with Gasteiger partial charge in [0.2, 0.25) is 5.91 Å². The molecule has 0 aliphatic carbocycles. The molecule has 0 unspecified atom stereocenters. The maximum Gasteiger partial charge on any atom is 0.253 e. The van der Waals surface area contributed by atoms with Gasteiger partial charge in [0.25, 0.3) is 5.91 Å². The average molecular weight is 193 g/mol. The summed E-state index contributed by atoms with van der Waals surface area (Å²) in [4.78, 5) is 21.8. The molecule has 5 nitrogen and oxygen atoms in total. The largest absolute Gasteiger partial charge is 0.398 e. The summed E-state index contributed by atoms with van der Waals surface area (Å²) in [5.41, 5.74) is 11.1. The van der Waals surface area contributed by atoms with Crippen LogP contribution in [0.1, 0.15) is 10.4 Å². The van der Waals surface area contributed by atoms with Crippen LogP contribution in [0.2, 0.25) is 0 Å². The van der Waals surface area contributed by atoms with E-state index in [-0.39, 0.29) is 6.54 Å². The fourth-order valence-corrected chi connectivity index (χ4v) is 0.966. The Balaban J connectivity index is 2.70. The molecule has 0 radical (unpaired) electrons. The van der Waals surface area contributed by atoms with Crippen LogP contribution in [0.25, 0.3) is 0 Å². The molecule has 1 rings (SSSR count). The van der Waals surface area contributed by atoms with E-state index in [1.54, 1.807) is 24.3 Å². The Labute approximate surface area is 81.1 Å². The number of nitrogens with two attached hydrogens (primary N) is 2. The number of carbonyl (C=O) groups excluding carboxylic acids is 2. The number of nitrogen functional groups attached to an aromatic ring is 1. The van der Waals surface area contributed by atoms with Crippen LogP contribution < -0.4 is 16.8 Å². The minimum atomic E-state index is -0.590. The molecule has 0 bridgehead atoms. The number of hydrogen-bond donors (Lipinski definition) is 3. The molecular weight excluding hydrogens is 182 g/mol. The van der Waals surface area contributed by atoms with Crippen molar-refractivity contribution in [1.29, 1.82) is 0 Å². The van der Waals surface area contributed by atoms with E-state index in [4.69, 9.17) is 11.5 Å². The molecule has 74 valence electrons. The minimum absolute atomic E-state index is 0.187. The highest BCUT2D eigenvalue weighted by Crippen LogP contribution is 2.09. The first-order valence-electron chi connectivity index (χ1n) is 4.02. The first-order chi connectivity index (χ1) is 6.61. The van der Waals surface area contributed by atoms with Gasteiger partial charge in [-0.3, -0.25) is 9.59 Å². The van der Waals surface area contributed by atoms with Crippen LogP contribution in [-0.2, 0) is 4.79 Å². The number of carbonyl (C=O) groups is 2. The number of primary amides is 1. The summed E-state index contributed by atoms with van der Waals surface area (Å²) in [6, 6.07) is 6.60. The molecule has 5 heteroatoms. The third-order valence-corrected chi connectivity index (χ3v) is 1.63. The van der Waals surface area contributed by atoms with E-state index in [2.05, 4.69) is 5.32 Å². The molecule has 0 fully saturated rings. The Bertz CT molecular complexity index is 363. The van der Waals surface area contributed by atoms with Crippen molar-refractivity contribution in [2.24, 2.45) is 5.73 Å². The van der Waals surface area contributed by atoms with Crippen LogP contribution in [-0.4, -0.2) is 18.4 Å². The summed E-state index contributed by atoms with van der Waals surface area (Å²) in [6.45, 7) is -0.187. The molecule has 0 aliphatic heterocycles. The summed E-state index contributed by atoms with van der Waals surface area (Å²) in [7, 11) is 0. The fraction of sp³-hybridized carbons (Fsp3) is 0.111. The standard InChI is InChI=1S/C9H11N3O2/c10-7-4-2-1-3-6(7)9(14)12-5-8(11)13/h1-4H,5,10H2,(H2,11,13)(H,12,14). The maximum absolute atomic E-state index is 11.4. The van der Waals surface area contributed by atoms with Gasteiger partial charge in [0.05, 0.1) is 12.1 Å². The van der Waals surface area contributed by atoms with Crippen molar-refractivity contribution in [1.82, 2.24) is 5.32 Å². The van der Waals surface area contributed by atoms with Gasteiger partial charge in [-0.05, 0) is 12.1 Å². The molecule has 14 heavy (non-hydrogen) atoms. The van der Waals surface area contributed by atoms with Crippen LogP contribution >= 0.6 is 0 Å². The minimum Gasteiger partial charge on any atom is -0.398 e. The summed E-state index contributed by atoms with van der Waals surface area (Å²) >= 11 is 0. The lowest BCUT2D eigenvalue weighted by Crippen LogP contribution is -2.33. The lowest BCUT2D eigenvalue weighted by Gasteiger charge is -2.04. The molecule has 0 spiro atoms. The van der Waals surface area contributed by atoms with Crippen LogP contribution in [0.4, 0.5) is 5.69 Å². The molecule has 5 N–H and O–H groups in total. The molecule has 0 aliphatic rings. The Kier molecular flexibility index (Phi) is 3.06. The zero-order chi connectivity index (χ0) is 10.6. The van der Waals surface area contributed by atoms with Crippen molar-refractivity contribution in [2.45, 2.75) is 0 Å². The smallest absolute Gasteiger partial charge is 0.253 e. The predicted molar refractivity (Wildman–Crippen MR) is 52.4 cm³/mol. The number of amides is 2. The zero-order valence-corrected chi connectivity index (χ0v) is 7.49. The van der Waals surface area contributed by atoms with Gasteiger partial charge in [0.1, 0.15) is 0 Å². The molecule has 0 aromatic heterocycles. The highest BCUT2D eigenvalue weighted by Gasteiger charge is 2.08. The third kappa shape index (κ3) is 2.48. The maximum atomic E-state index is 11.4. The molecule has 1 aromatic carbocycles. The quantitative estimate of drug-likeness (QED) is 0.563. The van der Waals surface area contributed by atoms with Crippen LogP contribution in [0, 0.1) is 0 Å². The Hall–Kier alpha value is -2.04. The lowest BCUT2D eigenvalue weighted by molar-refractivity contribution is -0.117. The van der Waals surface area contributed by atoms with Crippen molar-refractivity contribution < 1.29 is 9.59 Å². The third-order valence-electron chi connectivity index (χ3n) is 1.63. The summed E-state index contributed by atoms with van der Waals surface area (Å²) in [6.07, 6.45) is 0. The molecule has 0 saturated carbocycles. The molecule has 0 saturated heterocycles. The summed E-state index contributed by atoms with van der Waals surface area (Å²) < 4.78 is 0. The van der Waals surface area contributed by atoms with Gasteiger partial charge in [-0.2, -0.15) is 0 Å². The van der Waals surface area contributed by atoms with Crippen molar-refractivity contribution in [3.8, 4) is 0 Å². The highest BCUT2D eigenvalue weighted by atomic mass is 16.2. The molecule has 0 atom stereocenters. The second-order valence-corrected chi connectivity index (χ2v) is 2.74. The molecule has 0 heterocycles. The van der Waals surface area contributed by atoms with Gasteiger partial charge in [0, 0.05) is 5.69 Å². The fourth-order valence-electron chi connectivity index (χ4n) is 0.966. The highest BCUT2D eigenvalue weighted by molar-refractivity contribution is 6.00. The zero-order valence-electron chi connectivity index (χ0n) is 7.49. The van der Waals surface area contributed by atoms with Gasteiger partial charge in [-0.25, -0.2) is 0 Å². The van der Waals surface area contributed by atoms with E-state index < -0.39 is 11.8 Å². The molecule has 1 aromatic rings. The van der Waals surface area contributed by atoms with Crippen LogP contribution in [0.15, 0.2) is 24.3 Å². The van der Waals surface area contributed by atoms with Crippen molar-refractivity contribution in [3.05, 3.63) is 29.8 Å². The second-order valence-electron chi connectivity index (χ2n) is 2.74. The van der Waals surface area contributed by atoms with E-state index in [1.165, 1.54) is 0 Å². The van der Waals surface area contributed by atoms with E-state index in [1.807, 2.05) is 0 Å². The monoisotopic (exact) mass is 193 g/mol. The van der Waals surface area contributed by atoms with E-state index in [9.17, 15) is 9.59 Å². The van der Waals surface area contributed by atoms with Gasteiger partial charge in [0.15, 0.2) is 0 Å². The van der Waals surface area contributed by atoms with Gasteiger partial charge in [-0.1, -0.05) is 12.1 Å². The van der Waals surface area contributed by atoms with E-state index in [0.29, 0.717) is 11.3 Å². The molecular formula is C9H11N3O2. The van der Waals surface area contributed by atoms with Crippen LogP contribution in [0.5, 0.6) is 0 Å². The Morgan fingerprint density at radius 3 is 2.50 bits per heavy atom. The predicted octanol–water partition coefficient (Wildman–Crippen LogP) is -0.516. The number of hydrogen-bond acceptors (Lipinski definition) is 3. The topological polar surface area (TPSA) is 98.2 Å². The van der Waals surface area contributed by atoms with Gasteiger partial charge >= 0.3 is 0 Å². The van der Waals surface area contributed by atoms with Crippen molar-refractivity contribution in [3.63, 3.8) is 0 Å². The summed E-state index contributed by atoms with van der Waals surface area (Å²) in [5, 5.41) is 2.35. The number of rotatable bonds is 3. The number of nitrogens with one attached hydrogen (secondary N) is 1. The number of benzene rings is 1. The van der Waals surface area contributed by atoms with Gasteiger partial charge < -0.3 is 16.8 Å². The van der Waals surface area contributed by atoms with E-state index >= 15 is 0 Å². The lowest BCUT2D eigenvalue weighted by atomic mass is 10.2. The summed E-state index contributed by atoms with van der Waals surface area (Å²) in [5.74, 6) is -0.991. The van der Waals surface area contributed by atoms with Gasteiger partial charge in [-0.15, -0.1) is 0 Å². The average Bonchev–Trinajstić information content (AvgIpc) is 2.15. The number of para-hydroxylation sites is 1. The normalized spacial score (nSPS) is 9.43. The SMILES string of the molecule is NC(=O)CNC(=O)c1ccccc1N. The van der Waals surface area contributed by atoms with Crippen molar-refractivity contribution >= 4 is 17.5 Å².